The molecule has 0 bridgehead atoms. The summed E-state index contributed by atoms with van der Waals surface area (Å²) in [5.74, 6) is 1.86. The number of rotatable bonds is 6. The smallest absolute Gasteiger partial charge is 0.106 e. The summed E-state index contributed by atoms with van der Waals surface area (Å²) in [6.45, 7) is 9.66. The molecule has 0 aliphatic rings. The number of nitrogens with one attached hydrogen (secondary N) is 2. The van der Waals surface area contributed by atoms with Gasteiger partial charge in [-0.05, 0) is 12.3 Å². The SMILES string of the molecule is CC(C)CCc1ncc(CNC(C)C)[nH]1. The number of H-pyrrole nitrogens is 1. The Kier molecular flexibility index (Phi) is 4.82. The lowest BCUT2D eigenvalue weighted by Crippen LogP contribution is -2.21. The Morgan fingerprint density at radius 1 is 1.33 bits per heavy atom. The highest BCUT2D eigenvalue weighted by Gasteiger charge is 2.02. The first-order valence-electron chi connectivity index (χ1n) is 5.84. The summed E-state index contributed by atoms with van der Waals surface area (Å²) >= 11 is 0. The number of aromatic nitrogens is 2. The molecule has 0 radical (unpaired) electrons. The summed E-state index contributed by atoms with van der Waals surface area (Å²) < 4.78 is 0. The predicted molar refractivity (Wildman–Crippen MR) is 63.7 cm³/mol. The first-order chi connectivity index (χ1) is 7.08. The van der Waals surface area contributed by atoms with E-state index in [9.17, 15) is 0 Å². The van der Waals surface area contributed by atoms with Crippen LogP contribution in [-0.4, -0.2) is 16.0 Å². The van der Waals surface area contributed by atoms with E-state index in [2.05, 4.69) is 43.0 Å². The molecule has 0 fully saturated rings. The fourth-order valence-corrected chi connectivity index (χ4v) is 1.36. The molecular weight excluding hydrogens is 186 g/mol. The third-order valence-corrected chi connectivity index (χ3v) is 2.34. The van der Waals surface area contributed by atoms with Crippen LogP contribution in [0.3, 0.4) is 0 Å². The molecule has 1 aromatic rings. The summed E-state index contributed by atoms with van der Waals surface area (Å²) in [6.07, 6.45) is 4.19. The van der Waals surface area contributed by atoms with E-state index in [0.29, 0.717) is 6.04 Å². The first-order valence-corrected chi connectivity index (χ1v) is 5.84. The zero-order valence-electron chi connectivity index (χ0n) is 10.3. The van der Waals surface area contributed by atoms with Crippen LogP contribution in [0.2, 0.25) is 0 Å². The lowest BCUT2D eigenvalue weighted by Gasteiger charge is -2.05. The van der Waals surface area contributed by atoms with Crippen molar-refractivity contribution in [3.8, 4) is 0 Å². The normalized spacial score (nSPS) is 11.6. The van der Waals surface area contributed by atoms with Crippen LogP contribution in [0.5, 0.6) is 0 Å². The van der Waals surface area contributed by atoms with Crippen molar-refractivity contribution >= 4 is 0 Å². The van der Waals surface area contributed by atoms with Gasteiger partial charge in [-0.1, -0.05) is 27.7 Å². The van der Waals surface area contributed by atoms with Gasteiger partial charge in [-0.15, -0.1) is 0 Å². The molecule has 0 amide bonds. The van der Waals surface area contributed by atoms with Gasteiger partial charge >= 0.3 is 0 Å². The summed E-state index contributed by atoms with van der Waals surface area (Å²) in [5.41, 5.74) is 1.18. The van der Waals surface area contributed by atoms with Gasteiger partial charge in [0.2, 0.25) is 0 Å². The molecule has 15 heavy (non-hydrogen) atoms. The number of nitrogens with zero attached hydrogens (tertiary/aromatic N) is 1. The zero-order chi connectivity index (χ0) is 11.3. The Hall–Kier alpha value is -0.830. The average molecular weight is 209 g/mol. The molecule has 1 heterocycles. The molecule has 1 rings (SSSR count). The monoisotopic (exact) mass is 209 g/mol. The van der Waals surface area contributed by atoms with E-state index in [4.69, 9.17) is 0 Å². The predicted octanol–water partition coefficient (Wildman–Crippen LogP) is 2.50. The highest BCUT2D eigenvalue weighted by molar-refractivity contribution is 5.01. The van der Waals surface area contributed by atoms with Crippen molar-refractivity contribution in [3.63, 3.8) is 0 Å². The maximum Gasteiger partial charge on any atom is 0.106 e. The minimum absolute atomic E-state index is 0.521. The van der Waals surface area contributed by atoms with E-state index in [0.717, 1.165) is 24.7 Å². The molecule has 0 saturated carbocycles. The minimum atomic E-state index is 0.521. The van der Waals surface area contributed by atoms with Crippen LogP contribution in [0.15, 0.2) is 6.20 Å². The van der Waals surface area contributed by atoms with E-state index in [1.807, 2.05) is 6.20 Å². The number of hydrogen-bond acceptors (Lipinski definition) is 2. The second-order valence-electron chi connectivity index (χ2n) is 4.82. The number of aromatic amines is 1. The second kappa shape index (κ2) is 5.91. The van der Waals surface area contributed by atoms with Gasteiger partial charge in [-0.3, -0.25) is 0 Å². The minimum Gasteiger partial charge on any atom is -0.345 e. The first kappa shape index (κ1) is 12.2. The Bertz CT molecular complexity index is 250. The Balaban J connectivity index is 2.35. The number of aryl methyl sites for hydroxylation is 1. The second-order valence-corrected chi connectivity index (χ2v) is 4.82. The van der Waals surface area contributed by atoms with Crippen molar-refractivity contribution in [2.24, 2.45) is 5.92 Å². The van der Waals surface area contributed by atoms with Crippen molar-refractivity contribution in [1.82, 2.24) is 15.3 Å². The topological polar surface area (TPSA) is 40.7 Å². The molecule has 0 aliphatic carbocycles. The Morgan fingerprint density at radius 2 is 2.07 bits per heavy atom. The lowest BCUT2D eigenvalue weighted by molar-refractivity contribution is 0.571. The van der Waals surface area contributed by atoms with Crippen LogP contribution in [-0.2, 0) is 13.0 Å². The molecule has 0 unspecified atom stereocenters. The van der Waals surface area contributed by atoms with Crippen LogP contribution in [0, 0.1) is 5.92 Å². The fraction of sp³-hybridized carbons (Fsp3) is 0.750. The molecule has 2 N–H and O–H groups in total. The summed E-state index contributed by atoms with van der Waals surface area (Å²) in [5, 5.41) is 3.37. The van der Waals surface area contributed by atoms with Crippen LogP contribution in [0.4, 0.5) is 0 Å². The molecule has 0 spiro atoms. The van der Waals surface area contributed by atoms with Crippen molar-refractivity contribution in [2.45, 2.75) is 53.1 Å². The quantitative estimate of drug-likeness (QED) is 0.755. The molecule has 3 nitrogen and oxygen atoms in total. The highest BCUT2D eigenvalue weighted by atomic mass is 15.0. The van der Waals surface area contributed by atoms with Gasteiger partial charge in [-0.2, -0.15) is 0 Å². The van der Waals surface area contributed by atoms with Gasteiger partial charge in [0.25, 0.3) is 0 Å². The van der Waals surface area contributed by atoms with Crippen LogP contribution >= 0.6 is 0 Å². The van der Waals surface area contributed by atoms with Crippen molar-refractivity contribution in [1.29, 1.82) is 0 Å². The molecule has 0 aliphatic heterocycles. The van der Waals surface area contributed by atoms with Gasteiger partial charge in [-0.25, -0.2) is 4.98 Å². The third kappa shape index (κ3) is 4.98. The molecule has 3 heteroatoms. The summed E-state index contributed by atoms with van der Waals surface area (Å²) in [6, 6.07) is 0.521. The standard InChI is InChI=1S/C12H23N3/c1-9(2)5-6-12-14-8-11(15-12)7-13-10(3)4/h8-10,13H,5-7H2,1-4H3,(H,14,15). The molecule has 0 atom stereocenters. The maximum atomic E-state index is 4.37. The molecule has 1 aromatic heterocycles. The Labute approximate surface area is 92.7 Å². The zero-order valence-corrected chi connectivity index (χ0v) is 10.3. The van der Waals surface area contributed by atoms with Gasteiger partial charge in [0.1, 0.15) is 5.82 Å². The summed E-state index contributed by atoms with van der Waals surface area (Å²) in [4.78, 5) is 7.72. The van der Waals surface area contributed by atoms with Gasteiger partial charge in [0.05, 0.1) is 0 Å². The largest absolute Gasteiger partial charge is 0.345 e. The molecule has 86 valence electrons. The van der Waals surface area contributed by atoms with E-state index in [1.165, 1.54) is 12.1 Å². The summed E-state index contributed by atoms with van der Waals surface area (Å²) in [7, 11) is 0. The van der Waals surface area contributed by atoms with E-state index in [-0.39, 0.29) is 0 Å². The van der Waals surface area contributed by atoms with Gasteiger partial charge in [0, 0.05) is 30.9 Å². The average Bonchev–Trinajstić information content (AvgIpc) is 2.59. The van der Waals surface area contributed by atoms with Crippen molar-refractivity contribution in [3.05, 3.63) is 17.7 Å². The highest BCUT2D eigenvalue weighted by Crippen LogP contribution is 2.06. The van der Waals surface area contributed by atoms with Crippen LogP contribution in [0.1, 0.15) is 45.6 Å². The van der Waals surface area contributed by atoms with Crippen LogP contribution in [0.25, 0.3) is 0 Å². The van der Waals surface area contributed by atoms with E-state index < -0.39 is 0 Å². The van der Waals surface area contributed by atoms with Crippen molar-refractivity contribution < 1.29 is 0 Å². The fourth-order valence-electron chi connectivity index (χ4n) is 1.36. The Morgan fingerprint density at radius 3 is 2.67 bits per heavy atom. The molecule has 0 aromatic carbocycles. The molecule has 0 saturated heterocycles. The third-order valence-electron chi connectivity index (χ3n) is 2.34. The van der Waals surface area contributed by atoms with E-state index >= 15 is 0 Å². The molecular formula is C12H23N3. The van der Waals surface area contributed by atoms with Crippen molar-refractivity contribution in [2.75, 3.05) is 0 Å². The lowest BCUT2D eigenvalue weighted by atomic mass is 10.1. The number of hydrogen-bond donors (Lipinski definition) is 2. The number of imidazole rings is 1. The van der Waals surface area contributed by atoms with Crippen LogP contribution < -0.4 is 5.32 Å². The van der Waals surface area contributed by atoms with Gasteiger partial charge < -0.3 is 10.3 Å². The van der Waals surface area contributed by atoms with Gasteiger partial charge in [0.15, 0.2) is 0 Å². The maximum absolute atomic E-state index is 4.37. The van der Waals surface area contributed by atoms with E-state index in [1.54, 1.807) is 0 Å².